The first-order valence-corrected chi connectivity index (χ1v) is 12.1. The number of carbonyl (C=O) groups excluding carboxylic acids is 3. The highest BCUT2D eigenvalue weighted by atomic mass is 32.1. The zero-order chi connectivity index (χ0) is 25.1. The smallest absolute Gasteiger partial charge is 0.265 e. The summed E-state index contributed by atoms with van der Waals surface area (Å²) in [7, 11) is 0. The SMILES string of the molecule is NC(=O)c1ccccc1NC(=O)CN1C(=O)COc2ccc(-c3csc(Cc4ccccc4)n3)cc21. The van der Waals surface area contributed by atoms with Crippen molar-refractivity contribution in [2.45, 2.75) is 6.42 Å². The molecule has 1 aliphatic heterocycles. The zero-order valence-corrected chi connectivity index (χ0v) is 20.0. The molecule has 0 saturated carbocycles. The molecule has 36 heavy (non-hydrogen) atoms. The van der Waals surface area contributed by atoms with Gasteiger partial charge < -0.3 is 15.8 Å². The van der Waals surface area contributed by atoms with Gasteiger partial charge in [-0.3, -0.25) is 19.3 Å². The van der Waals surface area contributed by atoms with E-state index in [9.17, 15) is 14.4 Å². The van der Waals surface area contributed by atoms with Gasteiger partial charge in [-0.15, -0.1) is 11.3 Å². The van der Waals surface area contributed by atoms with E-state index in [4.69, 9.17) is 15.5 Å². The van der Waals surface area contributed by atoms with Crippen molar-refractivity contribution in [1.82, 2.24) is 4.98 Å². The highest BCUT2D eigenvalue weighted by molar-refractivity contribution is 7.10. The molecule has 0 unspecified atom stereocenters. The molecule has 1 aliphatic rings. The van der Waals surface area contributed by atoms with Crippen LogP contribution in [0.2, 0.25) is 0 Å². The van der Waals surface area contributed by atoms with Gasteiger partial charge >= 0.3 is 0 Å². The van der Waals surface area contributed by atoms with Crippen LogP contribution >= 0.6 is 11.3 Å². The number of hydrogen-bond donors (Lipinski definition) is 2. The summed E-state index contributed by atoms with van der Waals surface area (Å²) in [5.74, 6) is -0.961. The van der Waals surface area contributed by atoms with Gasteiger partial charge in [0.2, 0.25) is 5.91 Å². The number of primary amides is 1. The van der Waals surface area contributed by atoms with Crippen molar-refractivity contribution < 1.29 is 19.1 Å². The number of nitrogens with one attached hydrogen (secondary N) is 1. The summed E-state index contributed by atoms with van der Waals surface area (Å²) in [5, 5.41) is 5.63. The van der Waals surface area contributed by atoms with Gasteiger partial charge in [-0.05, 0) is 35.9 Å². The zero-order valence-electron chi connectivity index (χ0n) is 19.1. The van der Waals surface area contributed by atoms with Crippen LogP contribution in [-0.2, 0) is 16.0 Å². The van der Waals surface area contributed by atoms with E-state index in [2.05, 4.69) is 17.4 Å². The van der Waals surface area contributed by atoms with Crippen molar-refractivity contribution in [2.75, 3.05) is 23.4 Å². The molecule has 3 amide bonds. The van der Waals surface area contributed by atoms with Crippen LogP contribution in [0.5, 0.6) is 5.75 Å². The fourth-order valence-corrected chi connectivity index (χ4v) is 4.81. The number of nitrogens with zero attached hydrogens (tertiary/aromatic N) is 2. The van der Waals surface area contributed by atoms with Crippen LogP contribution in [-0.4, -0.2) is 35.9 Å². The highest BCUT2D eigenvalue weighted by Gasteiger charge is 2.28. The number of hydrogen-bond acceptors (Lipinski definition) is 6. The van der Waals surface area contributed by atoms with Crippen molar-refractivity contribution in [1.29, 1.82) is 0 Å². The molecule has 5 rings (SSSR count). The van der Waals surface area contributed by atoms with Crippen LogP contribution in [0.3, 0.4) is 0 Å². The van der Waals surface area contributed by atoms with E-state index in [0.29, 0.717) is 11.4 Å². The third-order valence-electron chi connectivity index (χ3n) is 5.72. The van der Waals surface area contributed by atoms with Gasteiger partial charge in [0.05, 0.1) is 27.6 Å². The Labute approximate surface area is 211 Å². The van der Waals surface area contributed by atoms with Crippen LogP contribution < -0.4 is 20.7 Å². The van der Waals surface area contributed by atoms with Gasteiger partial charge in [0.1, 0.15) is 12.3 Å². The third-order valence-corrected chi connectivity index (χ3v) is 6.56. The molecule has 3 aromatic carbocycles. The van der Waals surface area contributed by atoms with Crippen LogP contribution in [0, 0.1) is 0 Å². The molecular formula is C27H22N4O4S. The monoisotopic (exact) mass is 498 g/mol. The quantitative estimate of drug-likeness (QED) is 0.402. The Morgan fingerprint density at radius 2 is 1.83 bits per heavy atom. The van der Waals surface area contributed by atoms with Crippen molar-refractivity contribution in [2.24, 2.45) is 5.73 Å². The number of anilines is 2. The normalized spacial score (nSPS) is 12.6. The number of rotatable bonds is 7. The highest BCUT2D eigenvalue weighted by Crippen LogP contribution is 2.36. The van der Waals surface area contributed by atoms with E-state index < -0.39 is 11.8 Å². The number of carbonyl (C=O) groups is 3. The van der Waals surface area contributed by atoms with Gasteiger partial charge in [-0.25, -0.2) is 4.98 Å². The van der Waals surface area contributed by atoms with Crippen molar-refractivity contribution in [3.63, 3.8) is 0 Å². The first-order chi connectivity index (χ1) is 17.5. The van der Waals surface area contributed by atoms with E-state index in [1.807, 2.05) is 29.6 Å². The second-order valence-corrected chi connectivity index (χ2v) is 9.14. The molecule has 0 spiro atoms. The van der Waals surface area contributed by atoms with Crippen molar-refractivity contribution >= 4 is 40.4 Å². The minimum absolute atomic E-state index is 0.171. The van der Waals surface area contributed by atoms with Crippen LogP contribution in [0.4, 0.5) is 11.4 Å². The molecule has 2 heterocycles. The molecule has 0 radical (unpaired) electrons. The molecule has 0 fully saturated rings. The van der Waals surface area contributed by atoms with Crippen LogP contribution in [0.25, 0.3) is 11.3 Å². The Morgan fingerprint density at radius 1 is 1.06 bits per heavy atom. The Balaban J connectivity index is 1.37. The molecule has 0 aliphatic carbocycles. The largest absolute Gasteiger partial charge is 0.482 e. The standard InChI is InChI=1S/C27H22N4O4S/c28-27(34)19-8-4-5-9-20(19)29-24(32)14-31-22-13-18(10-11-23(22)35-15-26(31)33)21-16-36-25(30-21)12-17-6-2-1-3-7-17/h1-11,13,16H,12,14-15H2,(H2,28,34)(H,29,32). The molecule has 3 N–H and O–H groups in total. The van der Waals surface area contributed by atoms with E-state index in [0.717, 1.165) is 22.7 Å². The number of benzene rings is 3. The Hall–Kier alpha value is -4.50. The average molecular weight is 499 g/mol. The molecular weight excluding hydrogens is 476 g/mol. The number of fused-ring (bicyclic) bond motifs is 1. The average Bonchev–Trinajstić information content (AvgIpc) is 3.35. The van der Waals surface area contributed by atoms with Crippen LogP contribution in [0.15, 0.2) is 78.2 Å². The van der Waals surface area contributed by atoms with Gasteiger partial charge in [0, 0.05) is 17.4 Å². The molecule has 1 aromatic heterocycles. The van der Waals surface area contributed by atoms with Gasteiger partial charge in [-0.1, -0.05) is 42.5 Å². The van der Waals surface area contributed by atoms with Crippen molar-refractivity contribution in [3.05, 3.63) is 94.3 Å². The first-order valence-electron chi connectivity index (χ1n) is 11.2. The Kier molecular flexibility index (Phi) is 6.46. The maximum Gasteiger partial charge on any atom is 0.265 e. The molecule has 180 valence electrons. The molecule has 9 heteroatoms. The van der Waals surface area contributed by atoms with Crippen molar-refractivity contribution in [3.8, 4) is 17.0 Å². The summed E-state index contributed by atoms with van der Waals surface area (Å²) in [6, 6.07) is 22.0. The molecule has 0 saturated heterocycles. The minimum Gasteiger partial charge on any atom is -0.482 e. The lowest BCUT2D eigenvalue weighted by Gasteiger charge is -2.29. The summed E-state index contributed by atoms with van der Waals surface area (Å²) in [6.07, 6.45) is 0.733. The van der Waals surface area contributed by atoms with Gasteiger partial charge in [0.25, 0.3) is 11.8 Å². The van der Waals surface area contributed by atoms with Gasteiger partial charge in [-0.2, -0.15) is 0 Å². The van der Waals surface area contributed by atoms with E-state index in [-0.39, 0.29) is 30.3 Å². The maximum atomic E-state index is 12.8. The minimum atomic E-state index is -0.654. The maximum absolute atomic E-state index is 12.8. The van der Waals surface area contributed by atoms with Gasteiger partial charge in [0.15, 0.2) is 6.61 Å². The lowest BCUT2D eigenvalue weighted by molar-refractivity contribution is -0.123. The Bertz CT molecular complexity index is 1450. The summed E-state index contributed by atoms with van der Waals surface area (Å²) >= 11 is 1.57. The second kappa shape index (κ2) is 10.0. The van der Waals surface area contributed by atoms with E-state index >= 15 is 0 Å². The number of nitrogens with two attached hydrogens (primary N) is 1. The predicted octanol–water partition coefficient (Wildman–Crippen LogP) is 3.86. The number of para-hydroxylation sites is 1. The summed E-state index contributed by atoms with van der Waals surface area (Å²) < 4.78 is 5.59. The summed E-state index contributed by atoms with van der Waals surface area (Å²) in [6.45, 7) is -0.419. The molecule has 8 nitrogen and oxygen atoms in total. The second-order valence-electron chi connectivity index (χ2n) is 8.20. The fourth-order valence-electron chi connectivity index (χ4n) is 3.97. The number of aromatic nitrogens is 1. The lowest BCUT2D eigenvalue weighted by atomic mass is 10.1. The lowest BCUT2D eigenvalue weighted by Crippen LogP contribution is -2.43. The number of amides is 3. The topological polar surface area (TPSA) is 115 Å². The Morgan fingerprint density at radius 3 is 2.64 bits per heavy atom. The third kappa shape index (κ3) is 4.96. The van der Waals surface area contributed by atoms with E-state index in [1.54, 1.807) is 41.7 Å². The van der Waals surface area contributed by atoms with Crippen LogP contribution in [0.1, 0.15) is 20.9 Å². The molecule has 4 aromatic rings. The summed E-state index contributed by atoms with van der Waals surface area (Å²) in [5.41, 5.74) is 9.14. The number of ether oxygens (including phenoxy) is 1. The summed E-state index contributed by atoms with van der Waals surface area (Å²) in [4.78, 5) is 43.4. The predicted molar refractivity (Wildman–Crippen MR) is 138 cm³/mol. The number of thiazole rings is 1. The molecule has 0 atom stereocenters. The van der Waals surface area contributed by atoms with E-state index in [1.165, 1.54) is 16.5 Å². The molecule has 0 bridgehead atoms. The fraction of sp³-hybridized carbons (Fsp3) is 0.111. The first kappa shape index (κ1) is 23.3.